The zero-order valence-electron chi connectivity index (χ0n) is 6.08. The topological polar surface area (TPSA) is 40.5 Å². The van der Waals surface area contributed by atoms with E-state index < -0.39 is 0 Å². The Kier molecular flexibility index (Phi) is 1.29. The first-order chi connectivity index (χ1) is 4.77. The lowest BCUT2D eigenvalue weighted by Gasteiger charge is -2.23. The summed E-state index contributed by atoms with van der Waals surface area (Å²) in [6.45, 7) is 0.286. The maximum atomic E-state index is 9.29. The van der Waals surface area contributed by atoms with Crippen LogP contribution in [0.3, 0.4) is 0 Å². The van der Waals surface area contributed by atoms with Crippen LogP contribution in [0.5, 0.6) is 0 Å². The maximum Gasteiger partial charge on any atom is 0.0546 e. The van der Waals surface area contributed by atoms with Crippen molar-refractivity contribution in [2.24, 2.45) is 11.3 Å². The van der Waals surface area contributed by atoms with Gasteiger partial charge in [0.2, 0.25) is 0 Å². The molecule has 10 heavy (non-hydrogen) atoms. The molecule has 3 atom stereocenters. The van der Waals surface area contributed by atoms with E-state index in [1.807, 2.05) is 0 Å². The van der Waals surface area contributed by atoms with Gasteiger partial charge in [-0.1, -0.05) is 0 Å². The minimum absolute atomic E-state index is 0.133. The summed E-state index contributed by atoms with van der Waals surface area (Å²) in [5.41, 5.74) is 0.164. The Morgan fingerprint density at radius 1 is 1.30 bits per heavy atom. The van der Waals surface area contributed by atoms with Crippen molar-refractivity contribution < 1.29 is 10.2 Å². The van der Waals surface area contributed by atoms with Gasteiger partial charge >= 0.3 is 0 Å². The van der Waals surface area contributed by atoms with Crippen molar-refractivity contribution in [3.8, 4) is 0 Å². The second-order valence-electron chi connectivity index (χ2n) is 3.86. The molecule has 0 saturated heterocycles. The van der Waals surface area contributed by atoms with Crippen LogP contribution >= 0.6 is 0 Å². The van der Waals surface area contributed by atoms with E-state index in [0.29, 0.717) is 0 Å². The van der Waals surface area contributed by atoms with E-state index in [9.17, 15) is 5.11 Å². The lowest BCUT2D eigenvalue weighted by molar-refractivity contribution is 0.0660. The standard InChI is InChI=1S/C8H14O2/c9-5-8-3-6(8)1-2-7(10)4-8/h6-7,9-10H,1-5H2/t6-,7+,8-/m1/s1. The van der Waals surface area contributed by atoms with Crippen molar-refractivity contribution in [3.05, 3.63) is 0 Å². The first-order valence-electron chi connectivity index (χ1n) is 4.06. The second kappa shape index (κ2) is 1.95. The molecule has 0 aliphatic heterocycles. The fourth-order valence-electron chi connectivity index (χ4n) is 2.31. The third-order valence-corrected chi connectivity index (χ3v) is 3.16. The first-order valence-corrected chi connectivity index (χ1v) is 4.06. The molecular formula is C8H14O2. The molecule has 0 aromatic heterocycles. The van der Waals surface area contributed by atoms with Gasteiger partial charge in [-0.25, -0.2) is 0 Å². The zero-order chi connectivity index (χ0) is 7.19. The van der Waals surface area contributed by atoms with Crippen LogP contribution in [0.1, 0.15) is 25.7 Å². The van der Waals surface area contributed by atoms with E-state index in [4.69, 9.17) is 5.11 Å². The smallest absolute Gasteiger partial charge is 0.0546 e. The Hall–Kier alpha value is -0.0800. The number of aliphatic hydroxyl groups is 2. The third-order valence-electron chi connectivity index (χ3n) is 3.16. The van der Waals surface area contributed by atoms with Crippen LogP contribution in [0, 0.1) is 11.3 Å². The fourth-order valence-corrected chi connectivity index (χ4v) is 2.31. The molecule has 2 aliphatic carbocycles. The number of rotatable bonds is 1. The molecule has 2 aliphatic rings. The molecular weight excluding hydrogens is 128 g/mol. The van der Waals surface area contributed by atoms with Gasteiger partial charge < -0.3 is 10.2 Å². The molecule has 0 bridgehead atoms. The molecule has 0 unspecified atom stereocenters. The van der Waals surface area contributed by atoms with Crippen LogP contribution in [0.2, 0.25) is 0 Å². The number of aliphatic hydroxyl groups excluding tert-OH is 2. The van der Waals surface area contributed by atoms with Crippen LogP contribution in [0.4, 0.5) is 0 Å². The number of fused-ring (bicyclic) bond motifs is 1. The number of hydrogen-bond donors (Lipinski definition) is 2. The molecule has 2 saturated carbocycles. The number of hydrogen-bond acceptors (Lipinski definition) is 2. The zero-order valence-corrected chi connectivity index (χ0v) is 6.08. The molecule has 2 N–H and O–H groups in total. The van der Waals surface area contributed by atoms with Crippen molar-refractivity contribution in [1.82, 2.24) is 0 Å². The quantitative estimate of drug-likeness (QED) is 0.560. The van der Waals surface area contributed by atoms with Crippen molar-refractivity contribution in [2.45, 2.75) is 31.8 Å². The van der Waals surface area contributed by atoms with Gasteiger partial charge in [0.25, 0.3) is 0 Å². The molecule has 2 heteroatoms. The van der Waals surface area contributed by atoms with Gasteiger partial charge in [0.05, 0.1) is 6.10 Å². The summed E-state index contributed by atoms with van der Waals surface area (Å²) in [5.74, 6) is 0.737. The van der Waals surface area contributed by atoms with Crippen LogP contribution in [-0.4, -0.2) is 22.9 Å². The van der Waals surface area contributed by atoms with Gasteiger partial charge in [-0.3, -0.25) is 0 Å². The van der Waals surface area contributed by atoms with E-state index in [1.165, 1.54) is 0 Å². The van der Waals surface area contributed by atoms with Crippen molar-refractivity contribution in [1.29, 1.82) is 0 Å². The average molecular weight is 142 g/mol. The van der Waals surface area contributed by atoms with E-state index in [1.54, 1.807) is 0 Å². The van der Waals surface area contributed by atoms with Gasteiger partial charge in [-0.15, -0.1) is 0 Å². The van der Waals surface area contributed by atoms with Gasteiger partial charge in [-0.05, 0) is 37.0 Å². The molecule has 2 fully saturated rings. The predicted octanol–water partition coefficient (Wildman–Crippen LogP) is 0.530. The van der Waals surface area contributed by atoms with Crippen LogP contribution in [0.25, 0.3) is 0 Å². The Morgan fingerprint density at radius 3 is 2.70 bits per heavy atom. The normalized spacial score (nSPS) is 52.2. The Bertz CT molecular complexity index is 144. The predicted molar refractivity (Wildman–Crippen MR) is 37.5 cm³/mol. The van der Waals surface area contributed by atoms with Crippen LogP contribution in [-0.2, 0) is 0 Å². The molecule has 0 spiro atoms. The fraction of sp³-hybridized carbons (Fsp3) is 1.00. The van der Waals surface area contributed by atoms with Crippen molar-refractivity contribution in [3.63, 3.8) is 0 Å². The Labute approximate surface area is 60.9 Å². The van der Waals surface area contributed by atoms with Crippen LogP contribution < -0.4 is 0 Å². The summed E-state index contributed by atoms with van der Waals surface area (Å²) < 4.78 is 0. The van der Waals surface area contributed by atoms with E-state index >= 15 is 0 Å². The van der Waals surface area contributed by atoms with E-state index in [0.717, 1.165) is 31.6 Å². The van der Waals surface area contributed by atoms with Crippen molar-refractivity contribution >= 4 is 0 Å². The third kappa shape index (κ3) is 0.789. The minimum atomic E-state index is -0.133. The lowest BCUT2D eigenvalue weighted by Crippen LogP contribution is -2.24. The summed E-state index contributed by atoms with van der Waals surface area (Å²) in [6.07, 6.45) is 3.94. The highest BCUT2D eigenvalue weighted by Gasteiger charge is 2.56. The Balaban J connectivity index is 2.02. The molecule has 0 amide bonds. The summed E-state index contributed by atoms with van der Waals surface area (Å²) in [4.78, 5) is 0. The largest absolute Gasteiger partial charge is 0.396 e. The first kappa shape index (κ1) is 6.62. The molecule has 2 rings (SSSR count). The highest BCUT2D eigenvalue weighted by atomic mass is 16.3. The summed E-state index contributed by atoms with van der Waals surface area (Å²) in [7, 11) is 0. The van der Waals surface area contributed by atoms with Gasteiger partial charge in [0, 0.05) is 6.61 Å². The minimum Gasteiger partial charge on any atom is -0.396 e. The van der Waals surface area contributed by atoms with Gasteiger partial charge in [0.15, 0.2) is 0 Å². The van der Waals surface area contributed by atoms with Crippen molar-refractivity contribution in [2.75, 3.05) is 6.61 Å². The maximum absolute atomic E-state index is 9.29. The lowest BCUT2D eigenvalue weighted by atomic mass is 9.87. The summed E-state index contributed by atoms with van der Waals surface area (Å²) in [6, 6.07) is 0. The molecule has 2 nitrogen and oxygen atoms in total. The molecule has 58 valence electrons. The van der Waals surface area contributed by atoms with Gasteiger partial charge in [-0.2, -0.15) is 0 Å². The molecule has 0 aromatic rings. The van der Waals surface area contributed by atoms with E-state index in [-0.39, 0.29) is 18.1 Å². The summed E-state index contributed by atoms with van der Waals surface area (Å²) in [5, 5.41) is 18.3. The van der Waals surface area contributed by atoms with E-state index in [2.05, 4.69) is 0 Å². The van der Waals surface area contributed by atoms with Gasteiger partial charge in [0.1, 0.15) is 0 Å². The monoisotopic (exact) mass is 142 g/mol. The molecule has 0 radical (unpaired) electrons. The molecule has 0 aromatic carbocycles. The highest BCUT2D eigenvalue weighted by molar-refractivity contribution is 5.05. The second-order valence-corrected chi connectivity index (χ2v) is 3.86. The SMILES string of the molecule is OC[C@@]12C[C@@H](O)CC[C@@H]1C2. The summed E-state index contributed by atoms with van der Waals surface area (Å²) >= 11 is 0. The Morgan fingerprint density at radius 2 is 2.10 bits per heavy atom. The molecule has 0 heterocycles. The average Bonchev–Trinajstić information content (AvgIpc) is 2.62. The highest BCUT2D eigenvalue weighted by Crippen LogP contribution is 2.60. The van der Waals surface area contributed by atoms with Crippen LogP contribution in [0.15, 0.2) is 0 Å².